The largest absolute Gasteiger partial charge is 0.480 e. The van der Waals surface area contributed by atoms with Gasteiger partial charge < -0.3 is 41.7 Å². The number of nitrogens with one attached hydrogen (secondary N) is 4. The molecule has 0 aliphatic carbocycles. The number of nitrogens with zero attached hydrogens (tertiary/aromatic N) is 2. The molecule has 50 heavy (non-hydrogen) atoms. The third-order valence-electron chi connectivity index (χ3n) is 8.11. The SMILES string of the molecule is Cc1c(NC(=O)c2ccc(CN[C@H](CCO)C(=O)O)cn2)cccc1-c1cccc(NC(=O)c2ccc(CN[C@H](CCO)C(=O)O)cn2)c1C. The van der Waals surface area contributed by atoms with Crippen LogP contribution in [0.5, 0.6) is 0 Å². The van der Waals surface area contributed by atoms with Gasteiger partial charge in [0.15, 0.2) is 0 Å². The van der Waals surface area contributed by atoms with Crippen LogP contribution in [-0.2, 0) is 22.7 Å². The molecule has 0 saturated carbocycles. The van der Waals surface area contributed by atoms with Gasteiger partial charge in [0.05, 0.1) is 0 Å². The highest BCUT2D eigenvalue weighted by Gasteiger charge is 2.19. The Morgan fingerprint density at radius 3 is 1.34 bits per heavy atom. The van der Waals surface area contributed by atoms with Gasteiger partial charge in [-0.1, -0.05) is 36.4 Å². The van der Waals surface area contributed by atoms with Crippen molar-refractivity contribution >= 4 is 35.1 Å². The Hall–Kier alpha value is -5.54. The Balaban J connectivity index is 1.42. The monoisotopic (exact) mass is 684 g/mol. The first-order valence-corrected chi connectivity index (χ1v) is 15.9. The summed E-state index contributed by atoms with van der Waals surface area (Å²) in [5, 5.41) is 48.1. The number of amides is 2. The van der Waals surface area contributed by atoms with Gasteiger partial charge in [0, 0.05) is 50.1 Å². The standard InChI is InChI=1S/C36H40N6O8/c1-21-25(5-3-7-27(21)41-33(45)29-11-9-23(17-37-29)19-39-31(13-15-43)35(47)48)26-6-4-8-28(22(26)2)42-34(46)30-12-10-24(18-38-30)20-40-32(14-16-44)36(49)50/h3-12,17-18,31-32,39-40,43-44H,13-16,19-20H2,1-2H3,(H,41,45)(H,42,46)(H,47,48)(H,49,50)/t31-,32-/m1/s1. The summed E-state index contributed by atoms with van der Waals surface area (Å²) in [6, 6.07) is 15.7. The van der Waals surface area contributed by atoms with Crippen molar-refractivity contribution in [3.8, 4) is 11.1 Å². The maximum absolute atomic E-state index is 13.1. The number of carboxylic acid groups (broad SMARTS) is 2. The zero-order valence-corrected chi connectivity index (χ0v) is 27.6. The Morgan fingerprint density at radius 1 is 0.620 bits per heavy atom. The lowest BCUT2D eigenvalue weighted by Gasteiger charge is -2.17. The molecular formula is C36H40N6O8. The first-order chi connectivity index (χ1) is 24.0. The highest BCUT2D eigenvalue weighted by atomic mass is 16.4. The number of carbonyl (C=O) groups excluding carboxylic acids is 2. The maximum atomic E-state index is 13.1. The van der Waals surface area contributed by atoms with Crippen molar-refractivity contribution in [2.75, 3.05) is 23.8 Å². The van der Waals surface area contributed by atoms with Crippen molar-refractivity contribution in [3.05, 3.63) is 107 Å². The van der Waals surface area contributed by atoms with E-state index < -0.39 is 35.8 Å². The number of rotatable bonds is 17. The number of carboxylic acids is 2. The molecule has 262 valence electrons. The van der Waals surface area contributed by atoms with Crippen LogP contribution in [0.25, 0.3) is 11.1 Å². The quantitative estimate of drug-likeness (QED) is 0.0804. The summed E-state index contributed by atoms with van der Waals surface area (Å²) in [6.07, 6.45) is 3.12. The average molecular weight is 685 g/mol. The van der Waals surface area contributed by atoms with Crippen molar-refractivity contribution in [2.24, 2.45) is 0 Å². The molecule has 14 heteroatoms. The molecule has 2 atom stereocenters. The molecule has 2 aromatic heterocycles. The number of carbonyl (C=O) groups is 4. The minimum Gasteiger partial charge on any atom is -0.480 e. The summed E-state index contributed by atoms with van der Waals surface area (Å²) >= 11 is 0. The van der Waals surface area contributed by atoms with Crippen LogP contribution in [0.3, 0.4) is 0 Å². The van der Waals surface area contributed by atoms with Crippen LogP contribution in [0.15, 0.2) is 73.1 Å². The second-order valence-electron chi connectivity index (χ2n) is 11.5. The van der Waals surface area contributed by atoms with Crippen LogP contribution >= 0.6 is 0 Å². The van der Waals surface area contributed by atoms with Crippen LogP contribution < -0.4 is 21.3 Å². The van der Waals surface area contributed by atoms with E-state index in [4.69, 9.17) is 10.2 Å². The first-order valence-electron chi connectivity index (χ1n) is 15.9. The Bertz CT molecular complexity index is 1680. The number of aliphatic hydroxyl groups excluding tert-OH is 2. The van der Waals surface area contributed by atoms with E-state index in [1.807, 2.05) is 38.1 Å². The fraction of sp³-hybridized carbons (Fsp3) is 0.278. The topological polar surface area (TPSA) is 223 Å². The molecule has 0 unspecified atom stereocenters. The number of pyridine rings is 2. The lowest BCUT2D eigenvalue weighted by Crippen LogP contribution is -2.37. The predicted octanol–water partition coefficient (Wildman–Crippen LogP) is 3.12. The number of aliphatic hydroxyl groups is 2. The van der Waals surface area contributed by atoms with Crippen LogP contribution in [-0.4, -0.2) is 79.4 Å². The number of anilines is 2. The van der Waals surface area contributed by atoms with E-state index >= 15 is 0 Å². The maximum Gasteiger partial charge on any atom is 0.320 e. The molecule has 0 bridgehead atoms. The molecule has 0 spiro atoms. The Morgan fingerprint density at radius 2 is 1.02 bits per heavy atom. The van der Waals surface area contributed by atoms with E-state index in [-0.39, 0.29) is 50.5 Å². The lowest BCUT2D eigenvalue weighted by molar-refractivity contribution is -0.140. The molecule has 0 fully saturated rings. The van der Waals surface area contributed by atoms with Gasteiger partial charge >= 0.3 is 11.9 Å². The van der Waals surface area contributed by atoms with Gasteiger partial charge in [-0.3, -0.25) is 29.1 Å². The van der Waals surface area contributed by atoms with Crippen LogP contribution in [0.2, 0.25) is 0 Å². The van der Waals surface area contributed by atoms with Gasteiger partial charge in [-0.25, -0.2) is 0 Å². The van der Waals surface area contributed by atoms with Crippen LogP contribution in [0.4, 0.5) is 11.4 Å². The van der Waals surface area contributed by atoms with E-state index in [0.29, 0.717) is 22.5 Å². The Kier molecular flexibility index (Phi) is 13.2. The minimum absolute atomic E-state index is 0.0681. The predicted molar refractivity (Wildman–Crippen MR) is 186 cm³/mol. The molecule has 2 amide bonds. The van der Waals surface area contributed by atoms with Crippen molar-refractivity contribution in [1.29, 1.82) is 0 Å². The fourth-order valence-corrected chi connectivity index (χ4v) is 5.19. The van der Waals surface area contributed by atoms with Gasteiger partial charge in [-0.15, -0.1) is 0 Å². The van der Waals surface area contributed by atoms with Crippen LogP contribution in [0, 0.1) is 13.8 Å². The van der Waals surface area contributed by atoms with Crippen molar-refractivity contribution < 1.29 is 39.6 Å². The summed E-state index contributed by atoms with van der Waals surface area (Å²) in [5.74, 6) is -2.97. The molecular weight excluding hydrogens is 644 g/mol. The minimum atomic E-state index is -1.06. The second-order valence-corrected chi connectivity index (χ2v) is 11.5. The molecule has 0 saturated heterocycles. The summed E-state index contributed by atoms with van der Waals surface area (Å²) in [4.78, 5) is 57.3. The Labute approximate surface area is 288 Å². The molecule has 0 aliphatic heterocycles. The number of benzene rings is 2. The highest BCUT2D eigenvalue weighted by molar-refractivity contribution is 6.05. The number of hydrogen-bond acceptors (Lipinski definition) is 10. The highest BCUT2D eigenvalue weighted by Crippen LogP contribution is 2.34. The van der Waals surface area contributed by atoms with Gasteiger partial charge in [-0.2, -0.15) is 0 Å². The van der Waals surface area contributed by atoms with E-state index in [0.717, 1.165) is 22.3 Å². The van der Waals surface area contributed by atoms with Crippen molar-refractivity contribution in [3.63, 3.8) is 0 Å². The summed E-state index contributed by atoms with van der Waals surface area (Å²) < 4.78 is 0. The average Bonchev–Trinajstić information content (AvgIpc) is 3.10. The van der Waals surface area contributed by atoms with Gasteiger partial charge in [0.2, 0.25) is 0 Å². The fourth-order valence-electron chi connectivity index (χ4n) is 5.19. The first kappa shape index (κ1) is 37.3. The summed E-state index contributed by atoms with van der Waals surface area (Å²) in [5.41, 5.74) is 6.14. The molecule has 4 aromatic rings. The smallest absolute Gasteiger partial charge is 0.320 e. The number of aromatic nitrogens is 2. The zero-order valence-electron chi connectivity index (χ0n) is 27.6. The molecule has 2 aromatic carbocycles. The van der Waals surface area contributed by atoms with Gasteiger partial charge in [-0.05, 0) is 84.3 Å². The lowest BCUT2D eigenvalue weighted by atomic mass is 9.94. The molecule has 2 heterocycles. The molecule has 0 radical (unpaired) electrons. The zero-order chi connectivity index (χ0) is 36.2. The molecule has 8 N–H and O–H groups in total. The molecule has 14 nitrogen and oxygen atoms in total. The van der Waals surface area contributed by atoms with Crippen molar-refractivity contribution in [2.45, 2.75) is 51.9 Å². The third-order valence-corrected chi connectivity index (χ3v) is 8.11. The number of aliphatic carboxylic acids is 2. The summed E-state index contributed by atoms with van der Waals surface area (Å²) in [6.45, 7) is 3.65. The van der Waals surface area contributed by atoms with Gasteiger partial charge in [0.25, 0.3) is 11.8 Å². The second kappa shape index (κ2) is 17.7. The van der Waals surface area contributed by atoms with Crippen molar-refractivity contribution in [1.82, 2.24) is 20.6 Å². The molecule has 0 aliphatic rings. The third kappa shape index (κ3) is 9.76. The number of hydrogen-bond donors (Lipinski definition) is 8. The normalized spacial score (nSPS) is 12.2. The van der Waals surface area contributed by atoms with E-state index in [2.05, 4.69) is 31.2 Å². The van der Waals surface area contributed by atoms with E-state index in [1.165, 1.54) is 12.4 Å². The summed E-state index contributed by atoms with van der Waals surface area (Å²) in [7, 11) is 0. The van der Waals surface area contributed by atoms with Crippen LogP contribution in [0.1, 0.15) is 56.1 Å². The molecule has 4 rings (SSSR count). The van der Waals surface area contributed by atoms with E-state index in [9.17, 15) is 29.4 Å². The van der Waals surface area contributed by atoms with E-state index in [1.54, 1.807) is 36.4 Å². The van der Waals surface area contributed by atoms with Gasteiger partial charge in [0.1, 0.15) is 23.5 Å².